The molecule has 0 amide bonds. The van der Waals surface area contributed by atoms with Crippen LogP contribution in [-0.2, 0) is 7.05 Å². The molecule has 17 heavy (non-hydrogen) atoms. The maximum absolute atomic E-state index is 5.86. The number of nitrogens with zero attached hydrogens (tertiary/aromatic N) is 3. The van der Waals surface area contributed by atoms with E-state index in [4.69, 9.17) is 10.2 Å². The predicted octanol–water partition coefficient (Wildman–Crippen LogP) is 2.57. The summed E-state index contributed by atoms with van der Waals surface area (Å²) >= 11 is 3.37. The third-order valence-corrected chi connectivity index (χ3v) is 2.87. The molecule has 0 aliphatic rings. The Bertz CT molecular complexity index is 701. The van der Waals surface area contributed by atoms with Crippen molar-refractivity contribution in [2.24, 2.45) is 7.05 Å². The van der Waals surface area contributed by atoms with Crippen molar-refractivity contribution in [2.75, 3.05) is 5.73 Å². The minimum absolute atomic E-state index is 0.477. The van der Waals surface area contributed by atoms with Gasteiger partial charge in [0.25, 0.3) is 0 Å². The third kappa shape index (κ3) is 1.70. The number of fused-ring (bicyclic) bond motifs is 1. The number of nitrogens with two attached hydrogens (primary N) is 1. The van der Waals surface area contributed by atoms with Crippen molar-refractivity contribution in [1.29, 1.82) is 0 Å². The molecule has 6 heteroatoms. The van der Waals surface area contributed by atoms with Gasteiger partial charge in [0.05, 0.1) is 5.69 Å². The molecule has 0 fully saturated rings. The highest BCUT2D eigenvalue weighted by Crippen LogP contribution is 2.29. The van der Waals surface area contributed by atoms with Crippen LogP contribution in [-0.4, -0.2) is 14.8 Å². The van der Waals surface area contributed by atoms with Gasteiger partial charge in [0, 0.05) is 17.7 Å². The van der Waals surface area contributed by atoms with Gasteiger partial charge in [-0.25, -0.2) is 4.98 Å². The van der Waals surface area contributed by atoms with E-state index >= 15 is 0 Å². The van der Waals surface area contributed by atoms with Crippen molar-refractivity contribution in [3.63, 3.8) is 0 Å². The van der Waals surface area contributed by atoms with Crippen LogP contribution in [0.25, 0.3) is 22.7 Å². The van der Waals surface area contributed by atoms with E-state index in [0.29, 0.717) is 22.9 Å². The molecular weight excluding hydrogens is 284 g/mol. The van der Waals surface area contributed by atoms with Gasteiger partial charge in [0.15, 0.2) is 5.58 Å². The molecule has 5 nitrogen and oxygen atoms in total. The highest BCUT2D eigenvalue weighted by atomic mass is 79.9. The fraction of sp³-hybridized carbons (Fsp3) is 0.0909. The molecule has 2 aromatic heterocycles. The Kier molecular flexibility index (Phi) is 2.19. The molecule has 0 aliphatic carbocycles. The summed E-state index contributed by atoms with van der Waals surface area (Å²) in [6.07, 6.45) is 1.84. The van der Waals surface area contributed by atoms with E-state index in [1.54, 1.807) is 10.7 Å². The summed E-state index contributed by atoms with van der Waals surface area (Å²) in [7, 11) is 1.84. The summed E-state index contributed by atoms with van der Waals surface area (Å²) < 4.78 is 8.20. The Hall–Kier alpha value is -1.82. The molecule has 0 saturated carbocycles. The minimum atomic E-state index is 0.477. The molecule has 0 atom stereocenters. The van der Waals surface area contributed by atoms with Gasteiger partial charge >= 0.3 is 0 Å². The molecule has 3 aromatic rings. The van der Waals surface area contributed by atoms with E-state index in [2.05, 4.69) is 26.0 Å². The molecule has 0 bridgehead atoms. The van der Waals surface area contributed by atoms with E-state index in [0.717, 1.165) is 9.99 Å². The Morgan fingerprint density at radius 3 is 2.94 bits per heavy atom. The molecule has 1 aromatic carbocycles. The summed E-state index contributed by atoms with van der Waals surface area (Å²) in [6.45, 7) is 0. The fourth-order valence-electron chi connectivity index (χ4n) is 1.66. The zero-order valence-corrected chi connectivity index (χ0v) is 10.6. The molecule has 2 N–H and O–H groups in total. The molecule has 3 rings (SSSR count). The van der Waals surface area contributed by atoms with Crippen LogP contribution in [0.3, 0.4) is 0 Å². The first-order chi connectivity index (χ1) is 8.13. The number of rotatable bonds is 1. The van der Waals surface area contributed by atoms with Crippen molar-refractivity contribution in [3.05, 3.63) is 28.9 Å². The summed E-state index contributed by atoms with van der Waals surface area (Å²) in [5.74, 6) is 0.477. The fourth-order valence-corrected chi connectivity index (χ4v) is 2.13. The highest BCUT2D eigenvalue weighted by molar-refractivity contribution is 9.10. The molecule has 0 aliphatic heterocycles. The van der Waals surface area contributed by atoms with Gasteiger partial charge in [-0.05, 0) is 18.2 Å². The lowest BCUT2D eigenvalue weighted by molar-refractivity contribution is 0.614. The van der Waals surface area contributed by atoms with E-state index in [-0.39, 0.29) is 0 Å². The van der Waals surface area contributed by atoms with E-state index in [1.165, 1.54) is 0 Å². The number of anilines is 1. The molecule has 0 spiro atoms. The summed E-state index contributed by atoms with van der Waals surface area (Å²) in [5.41, 5.74) is 8.43. The van der Waals surface area contributed by atoms with Crippen LogP contribution in [0.4, 0.5) is 5.69 Å². The van der Waals surface area contributed by atoms with E-state index in [1.807, 2.05) is 25.4 Å². The van der Waals surface area contributed by atoms with Crippen molar-refractivity contribution in [3.8, 4) is 11.6 Å². The van der Waals surface area contributed by atoms with Gasteiger partial charge in [0.2, 0.25) is 5.89 Å². The van der Waals surface area contributed by atoms with Crippen LogP contribution in [0.1, 0.15) is 0 Å². The number of hydrogen-bond donors (Lipinski definition) is 1. The van der Waals surface area contributed by atoms with Crippen molar-refractivity contribution in [2.45, 2.75) is 0 Å². The quantitative estimate of drug-likeness (QED) is 0.700. The number of aryl methyl sites for hydroxylation is 1. The van der Waals surface area contributed by atoms with Crippen molar-refractivity contribution < 1.29 is 4.42 Å². The Balaban J connectivity index is 2.23. The molecule has 2 heterocycles. The van der Waals surface area contributed by atoms with Crippen molar-refractivity contribution >= 4 is 32.7 Å². The minimum Gasteiger partial charge on any atom is -0.432 e. The van der Waals surface area contributed by atoms with Crippen LogP contribution in [0.15, 0.2) is 33.3 Å². The average molecular weight is 293 g/mol. The number of aromatic nitrogens is 3. The van der Waals surface area contributed by atoms with Gasteiger partial charge in [-0.3, -0.25) is 4.68 Å². The Labute approximate surface area is 105 Å². The molecular formula is C11H9BrN4O. The van der Waals surface area contributed by atoms with Crippen LogP contribution in [0.5, 0.6) is 0 Å². The van der Waals surface area contributed by atoms with E-state index < -0.39 is 0 Å². The maximum Gasteiger partial charge on any atom is 0.248 e. The monoisotopic (exact) mass is 292 g/mol. The van der Waals surface area contributed by atoms with Crippen LogP contribution < -0.4 is 5.73 Å². The molecule has 0 radical (unpaired) electrons. The lowest BCUT2D eigenvalue weighted by Gasteiger charge is -1.93. The number of nitrogen functional groups attached to an aromatic ring is 1. The largest absolute Gasteiger partial charge is 0.432 e. The highest BCUT2D eigenvalue weighted by Gasteiger charge is 2.13. The Morgan fingerprint density at radius 1 is 1.41 bits per heavy atom. The third-order valence-electron chi connectivity index (χ3n) is 2.42. The second-order valence-corrected chi connectivity index (χ2v) is 4.65. The van der Waals surface area contributed by atoms with Gasteiger partial charge in [-0.15, -0.1) is 0 Å². The lowest BCUT2D eigenvalue weighted by Crippen LogP contribution is -1.87. The molecule has 0 unspecified atom stereocenters. The van der Waals surface area contributed by atoms with Crippen LogP contribution in [0.2, 0.25) is 0 Å². The van der Waals surface area contributed by atoms with Gasteiger partial charge < -0.3 is 10.2 Å². The topological polar surface area (TPSA) is 69.9 Å². The van der Waals surface area contributed by atoms with E-state index in [9.17, 15) is 0 Å². The second-order valence-electron chi connectivity index (χ2n) is 3.74. The summed E-state index contributed by atoms with van der Waals surface area (Å²) in [4.78, 5) is 4.37. The Morgan fingerprint density at radius 2 is 2.24 bits per heavy atom. The number of hydrogen-bond acceptors (Lipinski definition) is 4. The maximum atomic E-state index is 5.86. The first-order valence-electron chi connectivity index (χ1n) is 4.99. The summed E-state index contributed by atoms with van der Waals surface area (Å²) in [5, 5.41) is 4.24. The SMILES string of the molecule is Cn1ccc(-c2nc3cc(Br)cc(N)c3o2)n1. The second kappa shape index (κ2) is 3.59. The van der Waals surface area contributed by atoms with Gasteiger partial charge in [-0.2, -0.15) is 5.10 Å². The standard InChI is InChI=1S/C11H9BrN4O/c1-16-3-2-8(15-16)11-14-9-5-6(12)4-7(13)10(9)17-11/h2-5H,13H2,1H3. The number of benzene rings is 1. The van der Waals surface area contributed by atoms with Crippen molar-refractivity contribution in [1.82, 2.24) is 14.8 Å². The number of oxazole rings is 1. The van der Waals surface area contributed by atoms with Gasteiger partial charge in [-0.1, -0.05) is 15.9 Å². The zero-order chi connectivity index (χ0) is 12.0. The predicted molar refractivity (Wildman–Crippen MR) is 68.3 cm³/mol. The first-order valence-corrected chi connectivity index (χ1v) is 5.78. The zero-order valence-electron chi connectivity index (χ0n) is 9.01. The molecule has 0 saturated heterocycles. The average Bonchev–Trinajstić information content (AvgIpc) is 2.83. The van der Waals surface area contributed by atoms with Gasteiger partial charge in [0.1, 0.15) is 11.2 Å². The lowest BCUT2D eigenvalue weighted by atomic mass is 10.3. The number of halogens is 1. The molecule has 86 valence electrons. The van der Waals surface area contributed by atoms with Crippen LogP contribution >= 0.6 is 15.9 Å². The van der Waals surface area contributed by atoms with Crippen LogP contribution in [0, 0.1) is 0 Å². The summed E-state index contributed by atoms with van der Waals surface area (Å²) in [6, 6.07) is 5.49. The normalized spacial score (nSPS) is 11.2. The first kappa shape index (κ1) is 10.3. The smallest absolute Gasteiger partial charge is 0.248 e.